The molecule has 2 aromatic heterocycles. The van der Waals surface area contributed by atoms with E-state index in [4.69, 9.17) is 14.6 Å². The van der Waals surface area contributed by atoms with E-state index in [1.165, 1.54) is 4.90 Å². The number of ether oxygens (including phenoxy) is 2. The second-order valence-electron chi connectivity index (χ2n) is 13.1. The summed E-state index contributed by atoms with van der Waals surface area (Å²) < 4.78 is 112. The van der Waals surface area contributed by atoms with Crippen molar-refractivity contribution in [2.24, 2.45) is 0 Å². The summed E-state index contributed by atoms with van der Waals surface area (Å²) in [6.45, 7) is 1.35. The van der Waals surface area contributed by atoms with Crippen molar-refractivity contribution in [3.8, 4) is 11.5 Å². The van der Waals surface area contributed by atoms with E-state index in [2.05, 4.69) is 4.98 Å². The van der Waals surface area contributed by atoms with Gasteiger partial charge < -0.3 is 24.4 Å². The van der Waals surface area contributed by atoms with Gasteiger partial charge in [-0.2, -0.15) is 26.3 Å². The van der Waals surface area contributed by atoms with Crippen molar-refractivity contribution in [3.05, 3.63) is 75.7 Å². The van der Waals surface area contributed by atoms with Crippen LogP contribution in [0.4, 0.5) is 30.7 Å². The Balaban J connectivity index is 1.48. The molecule has 2 unspecified atom stereocenters. The van der Waals surface area contributed by atoms with E-state index in [1.807, 2.05) is 0 Å². The van der Waals surface area contributed by atoms with Gasteiger partial charge >= 0.3 is 18.3 Å². The SMILES string of the molecule is CCCC1N(C(=O)c2cnccc2C(F)(F)F)CCCC1(Oc1csc(C(F)(F)F)c1)C(=O)N1CCC(F)(c2ccccc2OCCCC(=O)O)CC1. The van der Waals surface area contributed by atoms with Gasteiger partial charge in [0, 0.05) is 74.7 Å². The number of halogens is 7. The number of nitrogens with zero attached hydrogens (tertiary/aromatic N) is 3. The van der Waals surface area contributed by atoms with Crippen molar-refractivity contribution in [3.63, 3.8) is 0 Å². The number of alkyl halides is 7. The van der Waals surface area contributed by atoms with Gasteiger partial charge in [-0.15, -0.1) is 11.3 Å². The van der Waals surface area contributed by atoms with Gasteiger partial charge in [0.1, 0.15) is 22.0 Å². The van der Waals surface area contributed by atoms with Crippen LogP contribution < -0.4 is 9.47 Å². The van der Waals surface area contributed by atoms with Crippen LogP contribution in [0.25, 0.3) is 0 Å². The molecule has 2 amide bonds. The Bertz CT molecular complexity index is 1780. The minimum atomic E-state index is -4.91. The van der Waals surface area contributed by atoms with Crippen LogP contribution in [0.5, 0.6) is 11.5 Å². The van der Waals surface area contributed by atoms with Crippen molar-refractivity contribution < 1.29 is 59.7 Å². The van der Waals surface area contributed by atoms with Crippen LogP contribution in [0.15, 0.2) is 54.2 Å². The Morgan fingerprint density at radius 1 is 1.02 bits per heavy atom. The number of carboxylic acids is 1. The number of para-hydroxylation sites is 1. The third kappa shape index (κ3) is 8.71. The molecule has 1 aromatic carbocycles. The van der Waals surface area contributed by atoms with Crippen molar-refractivity contribution in [2.45, 2.75) is 88.0 Å². The number of piperidine rings is 2. The van der Waals surface area contributed by atoms with Gasteiger partial charge in [-0.1, -0.05) is 31.5 Å². The number of aromatic nitrogens is 1. The Kier molecular flexibility index (Phi) is 11.9. The number of amides is 2. The summed E-state index contributed by atoms with van der Waals surface area (Å²) in [5.74, 6) is -2.87. The molecule has 0 aliphatic carbocycles. The highest BCUT2D eigenvalue weighted by atomic mass is 32.1. The normalized spacial score (nSPS) is 20.6. The fourth-order valence-corrected chi connectivity index (χ4v) is 7.75. The molecule has 2 saturated heterocycles. The third-order valence-electron chi connectivity index (χ3n) is 9.56. The van der Waals surface area contributed by atoms with Crippen molar-refractivity contribution in [1.82, 2.24) is 14.8 Å². The summed E-state index contributed by atoms with van der Waals surface area (Å²) in [7, 11) is 0. The van der Waals surface area contributed by atoms with Crippen LogP contribution in [0.2, 0.25) is 0 Å². The Hall–Kier alpha value is -4.41. The van der Waals surface area contributed by atoms with E-state index in [9.17, 15) is 40.7 Å². The number of likely N-dealkylation sites (tertiary alicyclic amines) is 2. The quantitative estimate of drug-likeness (QED) is 0.146. The molecule has 0 saturated carbocycles. The number of hydrogen-bond acceptors (Lipinski definition) is 7. The molecule has 2 fully saturated rings. The summed E-state index contributed by atoms with van der Waals surface area (Å²) in [5.41, 5.74) is -5.78. The fourth-order valence-electron chi connectivity index (χ4n) is 7.07. The maximum Gasteiger partial charge on any atom is 0.425 e. The van der Waals surface area contributed by atoms with Gasteiger partial charge in [0.25, 0.3) is 11.8 Å². The molecule has 0 spiro atoms. The van der Waals surface area contributed by atoms with Gasteiger partial charge in [0.15, 0.2) is 0 Å². The number of carbonyl (C=O) groups excluding carboxylic acids is 2. The van der Waals surface area contributed by atoms with Crippen LogP contribution in [0, 0.1) is 0 Å². The Labute approximate surface area is 304 Å². The zero-order valence-corrected chi connectivity index (χ0v) is 29.5. The minimum Gasteiger partial charge on any atom is -0.493 e. The highest BCUT2D eigenvalue weighted by molar-refractivity contribution is 7.10. The lowest BCUT2D eigenvalue weighted by atomic mass is 9.78. The molecule has 2 aliphatic heterocycles. The number of carbonyl (C=O) groups is 3. The second kappa shape index (κ2) is 15.9. The fraction of sp³-hybridized carbons (Fsp3) is 0.500. The van der Waals surface area contributed by atoms with Gasteiger partial charge in [0.05, 0.1) is 23.8 Å². The summed E-state index contributed by atoms with van der Waals surface area (Å²) in [4.78, 5) is 44.9. The molecule has 0 bridgehead atoms. The largest absolute Gasteiger partial charge is 0.493 e. The molecule has 0 radical (unpaired) electrons. The first-order chi connectivity index (χ1) is 25.0. The molecule has 5 rings (SSSR count). The number of carboxylic acid groups (broad SMARTS) is 1. The number of pyridine rings is 1. The van der Waals surface area contributed by atoms with E-state index in [1.54, 1.807) is 31.2 Å². The summed E-state index contributed by atoms with van der Waals surface area (Å²) >= 11 is 0.342. The van der Waals surface area contributed by atoms with E-state index in [0.29, 0.717) is 23.8 Å². The number of rotatable bonds is 12. The molecule has 53 heavy (non-hydrogen) atoms. The van der Waals surface area contributed by atoms with Crippen LogP contribution in [0.1, 0.15) is 84.7 Å². The summed E-state index contributed by atoms with van der Waals surface area (Å²) in [5, 5.41) is 10.0. The molecule has 1 N–H and O–H groups in total. The highest BCUT2D eigenvalue weighted by Crippen LogP contribution is 2.45. The standard InChI is InChI=1S/C36H38F7N3O6S/c1-2-7-28-34(52-23-20-29(53-22-23)36(41,42)43,12-6-16-46(28)31(49)24-21-44-15-11-25(24)35(38,39)40)32(50)45-17-13-33(37,14-18-45)26-8-3-4-9-27(26)51-19-5-10-30(47)48/h3-4,8-9,11,15,20-22,28H,2,5-7,10,12-14,16-19H2,1H3,(H,47,48). The van der Waals surface area contributed by atoms with E-state index < -0.39 is 63.5 Å². The van der Waals surface area contributed by atoms with Crippen molar-refractivity contribution in [2.75, 3.05) is 26.2 Å². The predicted molar refractivity (Wildman–Crippen MR) is 178 cm³/mol. The number of aliphatic carboxylic acids is 1. The number of hydrogen-bond donors (Lipinski definition) is 1. The second-order valence-corrected chi connectivity index (χ2v) is 14.0. The Morgan fingerprint density at radius 2 is 1.74 bits per heavy atom. The Morgan fingerprint density at radius 3 is 2.38 bits per heavy atom. The molecule has 17 heteroatoms. The average Bonchev–Trinajstić information content (AvgIpc) is 3.60. The van der Waals surface area contributed by atoms with Gasteiger partial charge in [-0.25, -0.2) is 4.39 Å². The lowest BCUT2D eigenvalue weighted by Crippen LogP contribution is -2.68. The van der Waals surface area contributed by atoms with Gasteiger partial charge in [-0.3, -0.25) is 19.4 Å². The molecule has 9 nitrogen and oxygen atoms in total. The zero-order valence-electron chi connectivity index (χ0n) is 28.6. The third-order valence-corrected chi connectivity index (χ3v) is 10.5. The first-order valence-electron chi connectivity index (χ1n) is 17.1. The predicted octanol–water partition coefficient (Wildman–Crippen LogP) is 8.13. The monoisotopic (exact) mass is 773 g/mol. The van der Waals surface area contributed by atoms with Gasteiger partial charge in [0.2, 0.25) is 5.60 Å². The lowest BCUT2D eigenvalue weighted by Gasteiger charge is -2.51. The smallest absolute Gasteiger partial charge is 0.425 e. The average molecular weight is 774 g/mol. The van der Waals surface area contributed by atoms with E-state index in [0.717, 1.165) is 28.7 Å². The molecule has 3 aromatic rings. The molecular weight excluding hydrogens is 735 g/mol. The molecular formula is C36H38F7N3O6S. The van der Waals surface area contributed by atoms with Crippen molar-refractivity contribution >= 4 is 29.1 Å². The first kappa shape index (κ1) is 39.8. The lowest BCUT2D eigenvalue weighted by molar-refractivity contribution is -0.162. The molecule has 4 heterocycles. The molecule has 2 aliphatic rings. The molecule has 288 valence electrons. The van der Waals surface area contributed by atoms with Crippen LogP contribution in [-0.2, 0) is 27.6 Å². The summed E-state index contributed by atoms with van der Waals surface area (Å²) in [6, 6.07) is 6.55. The zero-order chi connectivity index (χ0) is 38.6. The number of thiophene rings is 1. The minimum absolute atomic E-state index is 0.0278. The highest BCUT2D eigenvalue weighted by Gasteiger charge is 2.57. The van der Waals surface area contributed by atoms with Crippen LogP contribution >= 0.6 is 11.3 Å². The topological polar surface area (TPSA) is 109 Å². The van der Waals surface area contributed by atoms with Crippen LogP contribution in [-0.4, -0.2) is 75.6 Å². The molecule has 2 atom stereocenters. The number of benzene rings is 1. The van der Waals surface area contributed by atoms with Crippen molar-refractivity contribution in [1.29, 1.82) is 0 Å². The first-order valence-corrected chi connectivity index (χ1v) is 18.0. The summed E-state index contributed by atoms with van der Waals surface area (Å²) in [6.07, 6.45) is -7.97. The maximum atomic E-state index is 16.7. The van der Waals surface area contributed by atoms with Gasteiger partial charge in [-0.05, 0) is 31.4 Å². The van der Waals surface area contributed by atoms with Crippen LogP contribution in [0.3, 0.4) is 0 Å². The van der Waals surface area contributed by atoms with E-state index >= 15 is 4.39 Å². The maximum absolute atomic E-state index is 16.7. The van der Waals surface area contributed by atoms with E-state index in [-0.39, 0.29) is 88.2 Å².